The van der Waals surface area contributed by atoms with Gasteiger partial charge in [0.15, 0.2) is 11.5 Å². The predicted octanol–water partition coefficient (Wildman–Crippen LogP) is 3.49. The molecule has 4 heteroatoms. The Bertz CT molecular complexity index is 484. The number of methoxy groups -OCH3 is 1. The Morgan fingerprint density at radius 1 is 1.42 bits per heavy atom. The fourth-order valence-electron chi connectivity index (χ4n) is 3.06. The van der Waals surface area contributed by atoms with Crippen LogP contribution in [-0.4, -0.2) is 19.8 Å². The van der Waals surface area contributed by atoms with E-state index in [1.165, 1.54) is 12.8 Å². The van der Waals surface area contributed by atoms with Gasteiger partial charge in [-0.1, -0.05) is 18.0 Å². The van der Waals surface area contributed by atoms with Gasteiger partial charge < -0.3 is 14.8 Å². The van der Waals surface area contributed by atoms with Crippen LogP contribution in [0.3, 0.4) is 0 Å². The quantitative estimate of drug-likeness (QED) is 0.900. The molecule has 3 nitrogen and oxygen atoms in total. The van der Waals surface area contributed by atoms with Gasteiger partial charge in [0.1, 0.15) is 6.10 Å². The summed E-state index contributed by atoms with van der Waals surface area (Å²) in [5.41, 5.74) is 2.27. The number of rotatable bonds is 2. The fourth-order valence-corrected chi connectivity index (χ4v) is 3.41. The van der Waals surface area contributed by atoms with E-state index in [-0.39, 0.29) is 6.10 Å². The zero-order chi connectivity index (χ0) is 13.4. The second kappa shape index (κ2) is 5.22. The SMILES string of the molecule is COc1cc(C2CCCCN2)c(Cl)c2c1OC(C)C2. The first-order valence-electron chi connectivity index (χ1n) is 7.00. The summed E-state index contributed by atoms with van der Waals surface area (Å²) in [6.07, 6.45) is 4.68. The van der Waals surface area contributed by atoms with Crippen LogP contribution in [-0.2, 0) is 6.42 Å². The van der Waals surface area contributed by atoms with Gasteiger partial charge in [0.05, 0.1) is 12.1 Å². The first-order chi connectivity index (χ1) is 9.20. The average molecular weight is 282 g/mol. The van der Waals surface area contributed by atoms with Crippen molar-refractivity contribution in [2.24, 2.45) is 0 Å². The summed E-state index contributed by atoms with van der Waals surface area (Å²) in [5.74, 6) is 1.64. The van der Waals surface area contributed by atoms with Gasteiger partial charge in [-0.3, -0.25) is 0 Å². The lowest BCUT2D eigenvalue weighted by Crippen LogP contribution is -2.27. The molecule has 2 aliphatic heterocycles. The molecule has 0 aromatic heterocycles. The second-order valence-electron chi connectivity index (χ2n) is 5.42. The van der Waals surface area contributed by atoms with Gasteiger partial charge in [0.2, 0.25) is 0 Å². The van der Waals surface area contributed by atoms with E-state index in [0.717, 1.165) is 47.0 Å². The number of nitrogens with one attached hydrogen (secondary N) is 1. The van der Waals surface area contributed by atoms with Gasteiger partial charge in [-0.2, -0.15) is 0 Å². The van der Waals surface area contributed by atoms with E-state index in [0.29, 0.717) is 6.04 Å². The van der Waals surface area contributed by atoms with E-state index < -0.39 is 0 Å². The number of fused-ring (bicyclic) bond motifs is 1. The van der Waals surface area contributed by atoms with Crippen LogP contribution in [0.1, 0.15) is 43.4 Å². The fraction of sp³-hybridized carbons (Fsp3) is 0.600. The molecule has 0 radical (unpaired) electrons. The third-order valence-electron chi connectivity index (χ3n) is 4.02. The van der Waals surface area contributed by atoms with E-state index >= 15 is 0 Å². The minimum absolute atomic E-state index is 0.177. The van der Waals surface area contributed by atoms with Crippen LogP contribution in [0.25, 0.3) is 0 Å². The van der Waals surface area contributed by atoms with Crippen molar-refractivity contribution in [2.45, 2.75) is 44.8 Å². The van der Waals surface area contributed by atoms with Gasteiger partial charge in [-0.05, 0) is 37.9 Å². The average Bonchev–Trinajstić information content (AvgIpc) is 2.83. The Labute approximate surface area is 119 Å². The van der Waals surface area contributed by atoms with Gasteiger partial charge >= 0.3 is 0 Å². The number of piperidine rings is 1. The molecule has 0 spiro atoms. The number of ether oxygens (including phenoxy) is 2. The van der Waals surface area contributed by atoms with Crippen LogP contribution in [0.15, 0.2) is 6.07 Å². The summed E-state index contributed by atoms with van der Waals surface area (Å²) in [5, 5.41) is 4.41. The van der Waals surface area contributed by atoms with Crippen LogP contribution in [0.2, 0.25) is 5.02 Å². The minimum Gasteiger partial charge on any atom is -0.493 e. The van der Waals surface area contributed by atoms with E-state index in [1.807, 2.05) is 6.07 Å². The summed E-state index contributed by atoms with van der Waals surface area (Å²) in [6, 6.07) is 2.39. The maximum Gasteiger partial charge on any atom is 0.166 e. The molecule has 0 saturated carbocycles. The Balaban J connectivity index is 2.03. The lowest BCUT2D eigenvalue weighted by atomic mass is 9.94. The molecule has 1 fully saturated rings. The predicted molar refractivity (Wildman–Crippen MR) is 76.4 cm³/mol. The minimum atomic E-state index is 0.177. The van der Waals surface area contributed by atoms with Crippen molar-refractivity contribution in [2.75, 3.05) is 13.7 Å². The highest BCUT2D eigenvalue weighted by atomic mass is 35.5. The molecule has 0 bridgehead atoms. The van der Waals surface area contributed by atoms with Crippen molar-refractivity contribution in [1.29, 1.82) is 0 Å². The normalized spacial score (nSPS) is 25.8. The van der Waals surface area contributed by atoms with E-state index in [1.54, 1.807) is 7.11 Å². The standard InChI is InChI=1S/C15H20ClNO2/c1-9-7-11-14(16)10(12-5-3-4-6-17-12)8-13(18-2)15(11)19-9/h8-9,12,17H,3-7H2,1-2H3. The largest absolute Gasteiger partial charge is 0.493 e. The first-order valence-corrected chi connectivity index (χ1v) is 7.37. The maximum absolute atomic E-state index is 6.61. The topological polar surface area (TPSA) is 30.5 Å². The molecule has 1 aromatic carbocycles. The number of halogens is 1. The summed E-state index contributed by atoms with van der Waals surface area (Å²) in [7, 11) is 1.69. The molecule has 104 valence electrons. The molecule has 1 N–H and O–H groups in total. The Kier molecular flexibility index (Phi) is 3.59. The molecule has 2 heterocycles. The smallest absolute Gasteiger partial charge is 0.166 e. The zero-order valence-corrected chi connectivity index (χ0v) is 12.2. The molecule has 19 heavy (non-hydrogen) atoms. The Hall–Kier alpha value is -0.930. The number of hydrogen-bond donors (Lipinski definition) is 1. The van der Waals surface area contributed by atoms with Crippen molar-refractivity contribution >= 4 is 11.6 Å². The van der Waals surface area contributed by atoms with Gasteiger partial charge in [0.25, 0.3) is 0 Å². The van der Waals surface area contributed by atoms with E-state index in [4.69, 9.17) is 21.1 Å². The number of benzene rings is 1. The lowest BCUT2D eigenvalue weighted by molar-refractivity contribution is 0.243. The van der Waals surface area contributed by atoms with Crippen LogP contribution < -0.4 is 14.8 Å². The molecular weight excluding hydrogens is 262 g/mol. The summed E-state index contributed by atoms with van der Waals surface area (Å²) < 4.78 is 11.3. The third kappa shape index (κ3) is 2.30. The van der Waals surface area contributed by atoms with Crippen molar-refractivity contribution in [3.63, 3.8) is 0 Å². The zero-order valence-electron chi connectivity index (χ0n) is 11.5. The molecule has 2 unspecified atom stereocenters. The highest BCUT2D eigenvalue weighted by Crippen LogP contribution is 2.46. The van der Waals surface area contributed by atoms with Crippen molar-refractivity contribution < 1.29 is 9.47 Å². The van der Waals surface area contributed by atoms with E-state index in [2.05, 4.69) is 12.2 Å². The summed E-state index contributed by atoms with van der Waals surface area (Å²) in [4.78, 5) is 0. The maximum atomic E-state index is 6.61. The molecule has 2 atom stereocenters. The third-order valence-corrected chi connectivity index (χ3v) is 4.47. The molecule has 1 aromatic rings. The molecule has 2 aliphatic rings. The Morgan fingerprint density at radius 2 is 2.26 bits per heavy atom. The van der Waals surface area contributed by atoms with Crippen molar-refractivity contribution in [3.05, 3.63) is 22.2 Å². The monoisotopic (exact) mass is 281 g/mol. The Morgan fingerprint density at radius 3 is 2.95 bits per heavy atom. The highest BCUT2D eigenvalue weighted by molar-refractivity contribution is 6.32. The molecule has 3 rings (SSSR count). The van der Waals surface area contributed by atoms with Crippen LogP contribution >= 0.6 is 11.6 Å². The lowest BCUT2D eigenvalue weighted by Gasteiger charge is -2.26. The highest BCUT2D eigenvalue weighted by Gasteiger charge is 2.30. The second-order valence-corrected chi connectivity index (χ2v) is 5.80. The molecule has 0 aliphatic carbocycles. The molecule has 1 saturated heterocycles. The van der Waals surface area contributed by atoms with Crippen molar-refractivity contribution in [3.8, 4) is 11.5 Å². The number of hydrogen-bond acceptors (Lipinski definition) is 3. The van der Waals surface area contributed by atoms with E-state index in [9.17, 15) is 0 Å². The van der Waals surface area contributed by atoms with Gasteiger partial charge in [0, 0.05) is 18.0 Å². The van der Waals surface area contributed by atoms with Crippen LogP contribution in [0.5, 0.6) is 11.5 Å². The first kappa shape index (κ1) is 13.1. The summed E-state index contributed by atoms with van der Waals surface area (Å²) in [6.45, 7) is 3.13. The summed E-state index contributed by atoms with van der Waals surface area (Å²) >= 11 is 6.61. The molecule has 0 amide bonds. The van der Waals surface area contributed by atoms with Crippen molar-refractivity contribution in [1.82, 2.24) is 5.32 Å². The van der Waals surface area contributed by atoms with Crippen LogP contribution in [0, 0.1) is 0 Å². The molecular formula is C15H20ClNO2. The van der Waals surface area contributed by atoms with Gasteiger partial charge in [-0.15, -0.1) is 0 Å². The van der Waals surface area contributed by atoms with Crippen LogP contribution in [0.4, 0.5) is 0 Å². The van der Waals surface area contributed by atoms with Gasteiger partial charge in [-0.25, -0.2) is 0 Å².